The molecule has 0 aromatic heterocycles. The molecule has 8 heteroatoms. The fourth-order valence-electron chi connectivity index (χ4n) is 4.34. The van der Waals surface area contributed by atoms with Gasteiger partial charge in [-0.3, -0.25) is 4.79 Å². The molecule has 0 spiro atoms. The molecule has 2 aromatic rings. The van der Waals surface area contributed by atoms with E-state index in [1.165, 1.54) is 11.2 Å². The summed E-state index contributed by atoms with van der Waals surface area (Å²) in [4.78, 5) is 13.7. The molecule has 4 rings (SSSR count). The summed E-state index contributed by atoms with van der Waals surface area (Å²) < 4.78 is 28.2. The standard InChI is InChI=1S/C21H25N3O3S.ClH/c1-15(25)24-10-9-17-7-8-19(11-21(17)24)28(26,27)23-13-18(12-22)20(14-23)16-5-3-2-4-6-16;/h2-8,11,18,20H,9-10,12-14,22H2,1H3;1H/t18-,20+;/m1./s1. The Morgan fingerprint density at radius 1 is 1.14 bits per heavy atom. The summed E-state index contributed by atoms with van der Waals surface area (Å²) in [6, 6.07) is 15.1. The fourth-order valence-corrected chi connectivity index (χ4v) is 5.88. The molecule has 2 atom stereocenters. The zero-order chi connectivity index (χ0) is 19.9. The van der Waals surface area contributed by atoms with Gasteiger partial charge in [0.25, 0.3) is 0 Å². The predicted octanol–water partition coefficient (Wildman–Crippen LogP) is 2.38. The van der Waals surface area contributed by atoms with E-state index in [0.29, 0.717) is 31.9 Å². The number of halogens is 1. The molecule has 0 unspecified atom stereocenters. The number of rotatable bonds is 4. The Labute approximate surface area is 178 Å². The van der Waals surface area contributed by atoms with E-state index in [0.717, 1.165) is 17.5 Å². The first-order valence-corrected chi connectivity index (χ1v) is 11.0. The van der Waals surface area contributed by atoms with Crippen LogP contribution >= 0.6 is 12.4 Å². The molecule has 29 heavy (non-hydrogen) atoms. The van der Waals surface area contributed by atoms with Crippen LogP contribution in [0.15, 0.2) is 53.4 Å². The highest BCUT2D eigenvalue weighted by molar-refractivity contribution is 7.89. The van der Waals surface area contributed by atoms with Crippen molar-refractivity contribution in [3.8, 4) is 0 Å². The van der Waals surface area contributed by atoms with E-state index in [1.807, 2.05) is 36.4 Å². The lowest BCUT2D eigenvalue weighted by molar-refractivity contribution is -0.116. The molecule has 1 fully saturated rings. The van der Waals surface area contributed by atoms with E-state index in [1.54, 1.807) is 17.0 Å². The fraction of sp³-hybridized carbons (Fsp3) is 0.381. The maximum atomic E-state index is 13.3. The zero-order valence-corrected chi connectivity index (χ0v) is 18.0. The van der Waals surface area contributed by atoms with Crippen LogP contribution in [0.4, 0.5) is 5.69 Å². The van der Waals surface area contributed by atoms with Crippen LogP contribution in [0.3, 0.4) is 0 Å². The number of amides is 1. The highest BCUT2D eigenvalue weighted by atomic mass is 35.5. The summed E-state index contributed by atoms with van der Waals surface area (Å²) in [5.74, 6) is 0.103. The van der Waals surface area contributed by atoms with Crippen molar-refractivity contribution in [2.75, 3.05) is 31.1 Å². The van der Waals surface area contributed by atoms with Crippen LogP contribution in [0, 0.1) is 5.92 Å². The Bertz CT molecular complexity index is 997. The Balaban J connectivity index is 0.00000240. The highest BCUT2D eigenvalue weighted by Gasteiger charge is 2.39. The molecule has 0 radical (unpaired) electrons. The molecule has 0 aliphatic carbocycles. The number of sulfonamides is 1. The summed E-state index contributed by atoms with van der Waals surface area (Å²) in [6.07, 6.45) is 0.754. The second kappa shape index (κ2) is 8.44. The smallest absolute Gasteiger partial charge is 0.243 e. The lowest BCUT2D eigenvalue weighted by Crippen LogP contribution is -2.30. The minimum Gasteiger partial charge on any atom is -0.330 e. The number of hydrogen-bond donors (Lipinski definition) is 1. The number of carbonyl (C=O) groups excluding carboxylic acids is 1. The second-order valence-electron chi connectivity index (χ2n) is 7.55. The van der Waals surface area contributed by atoms with Crippen LogP contribution in [0.1, 0.15) is 24.0 Å². The normalized spacial score (nSPS) is 21.7. The van der Waals surface area contributed by atoms with Gasteiger partial charge in [0.1, 0.15) is 0 Å². The first-order valence-electron chi connectivity index (χ1n) is 9.58. The lowest BCUT2D eigenvalue weighted by atomic mass is 9.89. The zero-order valence-electron chi connectivity index (χ0n) is 16.3. The monoisotopic (exact) mass is 435 g/mol. The van der Waals surface area contributed by atoms with E-state index < -0.39 is 10.0 Å². The minimum atomic E-state index is -3.65. The molecule has 2 aliphatic rings. The van der Waals surface area contributed by atoms with Gasteiger partial charge >= 0.3 is 0 Å². The van der Waals surface area contributed by atoms with Gasteiger partial charge in [-0.25, -0.2) is 8.42 Å². The maximum absolute atomic E-state index is 13.3. The number of nitrogens with zero attached hydrogens (tertiary/aromatic N) is 2. The quantitative estimate of drug-likeness (QED) is 0.799. The van der Waals surface area contributed by atoms with Gasteiger partial charge in [-0.05, 0) is 42.1 Å². The van der Waals surface area contributed by atoms with E-state index in [-0.39, 0.29) is 35.0 Å². The van der Waals surface area contributed by atoms with Crippen molar-refractivity contribution < 1.29 is 13.2 Å². The average molecular weight is 436 g/mol. The van der Waals surface area contributed by atoms with Gasteiger partial charge in [-0.15, -0.1) is 12.4 Å². The van der Waals surface area contributed by atoms with Crippen LogP contribution in [-0.4, -0.2) is 44.8 Å². The Morgan fingerprint density at radius 2 is 1.86 bits per heavy atom. The van der Waals surface area contributed by atoms with Crippen molar-refractivity contribution >= 4 is 34.0 Å². The van der Waals surface area contributed by atoms with Gasteiger partial charge in [-0.1, -0.05) is 36.4 Å². The molecular formula is C21H26ClN3O3S. The topological polar surface area (TPSA) is 83.7 Å². The third-order valence-corrected chi connectivity index (χ3v) is 7.74. The van der Waals surface area contributed by atoms with E-state index in [2.05, 4.69) is 0 Å². The maximum Gasteiger partial charge on any atom is 0.243 e. The molecule has 2 aromatic carbocycles. The van der Waals surface area contributed by atoms with Crippen molar-refractivity contribution in [3.63, 3.8) is 0 Å². The van der Waals surface area contributed by atoms with Gasteiger partial charge in [-0.2, -0.15) is 4.31 Å². The molecule has 1 amide bonds. The van der Waals surface area contributed by atoms with Crippen molar-refractivity contribution in [2.24, 2.45) is 11.7 Å². The van der Waals surface area contributed by atoms with E-state index >= 15 is 0 Å². The third-order valence-electron chi connectivity index (χ3n) is 5.91. The summed E-state index contributed by atoms with van der Waals surface area (Å²) in [5, 5.41) is 0. The van der Waals surface area contributed by atoms with Crippen LogP contribution in [0.2, 0.25) is 0 Å². The molecule has 0 bridgehead atoms. The predicted molar refractivity (Wildman–Crippen MR) is 116 cm³/mol. The first-order chi connectivity index (χ1) is 13.4. The van der Waals surface area contributed by atoms with Crippen LogP contribution in [-0.2, 0) is 21.2 Å². The number of carbonyl (C=O) groups is 1. The van der Waals surface area contributed by atoms with Gasteiger partial charge in [0.05, 0.1) is 4.90 Å². The average Bonchev–Trinajstić information content (AvgIpc) is 3.32. The van der Waals surface area contributed by atoms with Crippen LogP contribution in [0.25, 0.3) is 0 Å². The summed E-state index contributed by atoms with van der Waals surface area (Å²) in [5.41, 5.74) is 8.81. The highest BCUT2D eigenvalue weighted by Crippen LogP contribution is 2.37. The van der Waals surface area contributed by atoms with Gasteiger partial charge in [0.15, 0.2) is 0 Å². The molecule has 1 saturated heterocycles. The summed E-state index contributed by atoms with van der Waals surface area (Å²) in [6.45, 7) is 3.37. The van der Waals surface area contributed by atoms with Crippen LogP contribution in [0.5, 0.6) is 0 Å². The molecule has 6 nitrogen and oxygen atoms in total. The molecule has 2 aliphatic heterocycles. The van der Waals surface area contributed by atoms with Gasteiger partial charge < -0.3 is 10.6 Å². The molecular weight excluding hydrogens is 410 g/mol. The van der Waals surface area contributed by atoms with Crippen molar-refractivity contribution in [1.82, 2.24) is 4.31 Å². The Kier molecular flexibility index (Phi) is 6.33. The Morgan fingerprint density at radius 3 is 2.52 bits per heavy atom. The van der Waals surface area contributed by atoms with E-state index in [9.17, 15) is 13.2 Å². The van der Waals surface area contributed by atoms with Crippen molar-refractivity contribution in [1.29, 1.82) is 0 Å². The number of hydrogen-bond acceptors (Lipinski definition) is 4. The molecule has 2 N–H and O–H groups in total. The minimum absolute atomic E-state index is 0. The Hall–Kier alpha value is -1.93. The lowest BCUT2D eigenvalue weighted by Gasteiger charge is -2.19. The first kappa shape index (κ1) is 21.8. The number of nitrogens with two attached hydrogens (primary N) is 1. The number of anilines is 1. The number of fused-ring (bicyclic) bond motifs is 1. The van der Waals surface area contributed by atoms with Crippen molar-refractivity contribution in [2.45, 2.75) is 24.2 Å². The molecule has 2 heterocycles. The third kappa shape index (κ3) is 3.92. The van der Waals surface area contributed by atoms with Gasteiger partial charge in [0.2, 0.25) is 15.9 Å². The molecule has 0 saturated carbocycles. The van der Waals surface area contributed by atoms with Gasteiger partial charge in [0, 0.05) is 38.2 Å². The van der Waals surface area contributed by atoms with Crippen molar-refractivity contribution in [3.05, 3.63) is 59.7 Å². The summed E-state index contributed by atoms with van der Waals surface area (Å²) in [7, 11) is -3.65. The van der Waals surface area contributed by atoms with Crippen LogP contribution < -0.4 is 10.6 Å². The van der Waals surface area contributed by atoms with E-state index in [4.69, 9.17) is 5.73 Å². The summed E-state index contributed by atoms with van der Waals surface area (Å²) >= 11 is 0. The largest absolute Gasteiger partial charge is 0.330 e. The SMILES string of the molecule is CC(=O)N1CCc2ccc(S(=O)(=O)N3C[C@@H](CN)[C@H](c4ccccc4)C3)cc21.Cl. The molecule has 156 valence electrons. The second-order valence-corrected chi connectivity index (χ2v) is 9.48. The number of benzene rings is 2.